The lowest BCUT2D eigenvalue weighted by Crippen LogP contribution is -2.37. The van der Waals surface area contributed by atoms with Crippen LogP contribution in [0.5, 0.6) is 0 Å². The Hall–Kier alpha value is -1.36. The molecule has 4 heteroatoms. The van der Waals surface area contributed by atoms with Crippen molar-refractivity contribution >= 4 is 11.8 Å². The van der Waals surface area contributed by atoms with Crippen molar-refractivity contribution in [2.24, 2.45) is 5.84 Å². The van der Waals surface area contributed by atoms with E-state index in [4.69, 9.17) is 5.84 Å². The van der Waals surface area contributed by atoms with Gasteiger partial charge in [0.1, 0.15) is 5.82 Å². The lowest BCUT2D eigenvalue weighted by atomic mass is 10.1. The first-order valence-corrected chi connectivity index (χ1v) is 7.65. The van der Waals surface area contributed by atoms with Gasteiger partial charge in [-0.1, -0.05) is 36.4 Å². The SMILES string of the molecule is NNC(CCc1ccccc1)CSc1cccc(F)c1. The Bertz CT molecular complexity index is 519. The third kappa shape index (κ3) is 4.96. The van der Waals surface area contributed by atoms with Crippen molar-refractivity contribution in [3.05, 3.63) is 66.0 Å². The Morgan fingerprint density at radius 1 is 1.10 bits per heavy atom. The summed E-state index contributed by atoms with van der Waals surface area (Å²) in [6.07, 6.45) is 1.95. The number of rotatable bonds is 7. The fourth-order valence-corrected chi connectivity index (χ4v) is 2.98. The maximum absolute atomic E-state index is 13.1. The first kappa shape index (κ1) is 15.0. The molecule has 3 N–H and O–H groups in total. The summed E-state index contributed by atoms with van der Waals surface area (Å²) in [5.74, 6) is 6.22. The van der Waals surface area contributed by atoms with E-state index in [0.717, 1.165) is 23.5 Å². The molecule has 1 atom stereocenters. The zero-order chi connectivity index (χ0) is 14.2. The van der Waals surface area contributed by atoms with Crippen molar-refractivity contribution in [2.45, 2.75) is 23.8 Å². The number of nitrogens with two attached hydrogens (primary N) is 1. The van der Waals surface area contributed by atoms with Crippen molar-refractivity contribution in [1.29, 1.82) is 0 Å². The molecule has 106 valence electrons. The van der Waals surface area contributed by atoms with Crippen LogP contribution in [0.2, 0.25) is 0 Å². The third-order valence-electron chi connectivity index (χ3n) is 3.11. The Kier molecular flexibility index (Phi) is 6.05. The summed E-state index contributed by atoms with van der Waals surface area (Å²) < 4.78 is 13.1. The van der Waals surface area contributed by atoms with Gasteiger partial charge in [0.2, 0.25) is 0 Å². The topological polar surface area (TPSA) is 38.0 Å². The van der Waals surface area contributed by atoms with Gasteiger partial charge < -0.3 is 0 Å². The van der Waals surface area contributed by atoms with Crippen LogP contribution in [0.3, 0.4) is 0 Å². The van der Waals surface area contributed by atoms with Crippen molar-refractivity contribution in [2.75, 3.05) is 5.75 Å². The van der Waals surface area contributed by atoms with Crippen molar-refractivity contribution in [1.82, 2.24) is 5.43 Å². The highest BCUT2D eigenvalue weighted by molar-refractivity contribution is 7.99. The molecule has 0 spiro atoms. The summed E-state index contributed by atoms with van der Waals surface area (Å²) >= 11 is 1.62. The molecule has 0 aromatic heterocycles. The molecule has 2 nitrogen and oxygen atoms in total. The second-order valence-corrected chi connectivity index (χ2v) is 5.75. The monoisotopic (exact) mass is 290 g/mol. The van der Waals surface area contributed by atoms with E-state index in [1.807, 2.05) is 24.3 Å². The van der Waals surface area contributed by atoms with Crippen LogP contribution in [0.15, 0.2) is 59.5 Å². The van der Waals surface area contributed by atoms with E-state index in [0.29, 0.717) is 0 Å². The fourth-order valence-electron chi connectivity index (χ4n) is 1.95. The molecule has 0 aliphatic carbocycles. The van der Waals surface area contributed by atoms with Gasteiger partial charge >= 0.3 is 0 Å². The molecule has 2 aromatic carbocycles. The van der Waals surface area contributed by atoms with E-state index in [1.54, 1.807) is 23.9 Å². The lowest BCUT2D eigenvalue weighted by molar-refractivity contribution is 0.539. The molecule has 0 amide bonds. The summed E-state index contributed by atoms with van der Waals surface area (Å²) in [7, 11) is 0. The fraction of sp³-hybridized carbons (Fsp3) is 0.250. The van der Waals surface area contributed by atoms with Crippen LogP contribution in [0.1, 0.15) is 12.0 Å². The highest BCUT2D eigenvalue weighted by atomic mass is 32.2. The molecule has 20 heavy (non-hydrogen) atoms. The van der Waals surface area contributed by atoms with Gasteiger partial charge in [0, 0.05) is 16.7 Å². The second kappa shape index (κ2) is 8.04. The average molecular weight is 290 g/mol. The van der Waals surface area contributed by atoms with Crippen LogP contribution in [-0.4, -0.2) is 11.8 Å². The first-order valence-electron chi connectivity index (χ1n) is 6.66. The Labute approximate surface area is 123 Å². The summed E-state index contributed by atoms with van der Waals surface area (Å²) in [4.78, 5) is 0.935. The van der Waals surface area contributed by atoms with Crippen LogP contribution >= 0.6 is 11.8 Å². The number of nitrogens with one attached hydrogen (secondary N) is 1. The normalized spacial score (nSPS) is 12.3. The number of hydrazine groups is 1. The van der Waals surface area contributed by atoms with Gasteiger partial charge in [-0.2, -0.15) is 0 Å². The standard InChI is InChI=1S/C16H19FN2S/c17-14-7-4-8-16(11-14)20-12-15(19-18)10-9-13-5-2-1-3-6-13/h1-8,11,15,19H,9-10,12,18H2. The molecule has 0 fully saturated rings. The summed E-state index contributed by atoms with van der Waals surface area (Å²) in [5, 5.41) is 0. The molecular weight excluding hydrogens is 271 g/mol. The molecular formula is C16H19FN2S. The second-order valence-electron chi connectivity index (χ2n) is 4.66. The van der Waals surface area contributed by atoms with E-state index >= 15 is 0 Å². The van der Waals surface area contributed by atoms with E-state index in [-0.39, 0.29) is 11.9 Å². The summed E-state index contributed by atoms with van der Waals surface area (Å²) in [6, 6.07) is 17.2. The first-order chi connectivity index (χ1) is 9.78. The number of thioether (sulfide) groups is 1. The molecule has 2 aromatic rings. The van der Waals surface area contributed by atoms with Crippen LogP contribution in [0.4, 0.5) is 4.39 Å². The number of benzene rings is 2. The van der Waals surface area contributed by atoms with E-state index in [9.17, 15) is 4.39 Å². The number of aryl methyl sites for hydroxylation is 1. The molecule has 0 saturated heterocycles. The van der Waals surface area contributed by atoms with Gasteiger partial charge in [-0.3, -0.25) is 11.3 Å². The molecule has 0 bridgehead atoms. The minimum atomic E-state index is -0.198. The zero-order valence-electron chi connectivity index (χ0n) is 11.3. The lowest BCUT2D eigenvalue weighted by Gasteiger charge is -2.15. The third-order valence-corrected chi connectivity index (χ3v) is 4.26. The van der Waals surface area contributed by atoms with E-state index in [1.165, 1.54) is 11.6 Å². The van der Waals surface area contributed by atoms with Crippen LogP contribution in [0, 0.1) is 5.82 Å². The zero-order valence-corrected chi connectivity index (χ0v) is 12.1. The molecule has 1 unspecified atom stereocenters. The molecule has 0 heterocycles. The number of hydrogen-bond donors (Lipinski definition) is 2. The minimum Gasteiger partial charge on any atom is -0.271 e. The minimum absolute atomic E-state index is 0.198. The Balaban J connectivity index is 1.80. The number of hydrogen-bond acceptors (Lipinski definition) is 3. The molecule has 0 saturated carbocycles. The Morgan fingerprint density at radius 3 is 2.60 bits per heavy atom. The van der Waals surface area contributed by atoms with Gasteiger partial charge in [0.25, 0.3) is 0 Å². The van der Waals surface area contributed by atoms with Crippen LogP contribution in [0.25, 0.3) is 0 Å². The van der Waals surface area contributed by atoms with Crippen molar-refractivity contribution in [3.63, 3.8) is 0 Å². The van der Waals surface area contributed by atoms with Crippen LogP contribution in [-0.2, 0) is 6.42 Å². The quantitative estimate of drug-likeness (QED) is 0.466. The Morgan fingerprint density at radius 2 is 1.90 bits per heavy atom. The highest BCUT2D eigenvalue weighted by Crippen LogP contribution is 2.20. The van der Waals surface area contributed by atoms with E-state index < -0.39 is 0 Å². The maximum Gasteiger partial charge on any atom is 0.124 e. The molecule has 0 radical (unpaired) electrons. The average Bonchev–Trinajstić information content (AvgIpc) is 2.48. The predicted octanol–water partition coefficient (Wildman–Crippen LogP) is 3.38. The maximum atomic E-state index is 13.1. The summed E-state index contributed by atoms with van der Waals surface area (Å²) in [5.41, 5.74) is 4.15. The van der Waals surface area contributed by atoms with Crippen molar-refractivity contribution < 1.29 is 4.39 Å². The molecule has 0 aliphatic rings. The van der Waals surface area contributed by atoms with Gasteiger partial charge in [0.15, 0.2) is 0 Å². The van der Waals surface area contributed by atoms with Gasteiger partial charge in [-0.15, -0.1) is 11.8 Å². The van der Waals surface area contributed by atoms with Gasteiger partial charge in [-0.05, 0) is 36.6 Å². The highest BCUT2D eigenvalue weighted by Gasteiger charge is 2.08. The molecule has 0 aliphatic heterocycles. The molecule has 2 rings (SSSR count). The van der Waals surface area contributed by atoms with Crippen LogP contribution < -0.4 is 11.3 Å². The summed E-state index contributed by atoms with van der Waals surface area (Å²) in [6.45, 7) is 0. The van der Waals surface area contributed by atoms with E-state index in [2.05, 4.69) is 17.6 Å². The van der Waals surface area contributed by atoms with Crippen molar-refractivity contribution in [3.8, 4) is 0 Å². The number of halogens is 1. The van der Waals surface area contributed by atoms with Gasteiger partial charge in [0.05, 0.1) is 0 Å². The largest absolute Gasteiger partial charge is 0.271 e. The van der Waals surface area contributed by atoms with Gasteiger partial charge in [-0.25, -0.2) is 4.39 Å². The predicted molar refractivity (Wildman–Crippen MR) is 83.0 cm³/mol. The smallest absolute Gasteiger partial charge is 0.124 e.